The third-order valence-electron chi connectivity index (χ3n) is 13.0. The van der Waals surface area contributed by atoms with Gasteiger partial charge >= 0.3 is 12.0 Å². The van der Waals surface area contributed by atoms with Crippen LogP contribution in [0.3, 0.4) is 0 Å². The minimum absolute atomic E-state index is 0.0217. The summed E-state index contributed by atoms with van der Waals surface area (Å²) in [5, 5.41) is 25.8. The van der Waals surface area contributed by atoms with Crippen LogP contribution in [0.4, 0.5) is 9.93 Å². The van der Waals surface area contributed by atoms with Gasteiger partial charge in [-0.3, -0.25) is 9.59 Å². The third kappa shape index (κ3) is 10.8. The number of methoxy groups -OCH3 is 1. The molecule has 2 aromatic heterocycles. The number of nitrogens with zero attached hydrogens (tertiary/aromatic N) is 4. The second-order valence-electron chi connectivity index (χ2n) is 19.2. The van der Waals surface area contributed by atoms with Crippen molar-refractivity contribution in [3.63, 3.8) is 0 Å². The van der Waals surface area contributed by atoms with Crippen molar-refractivity contribution in [3.05, 3.63) is 29.6 Å². The summed E-state index contributed by atoms with van der Waals surface area (Å²) in [5.41, 5.74) is -0.180. The fourth-order valence-corrected chi connectivity index (χ4v) is 11.6. The molecule has 0 spiro atoms. The van der Waals surface area contributed by atoms with E-state index >= 15 is 0 Å². The first kappa shape index (κ1) is 47.2. The number of carbonyl (C=O) groups is 4. The van der Waals surface area contributed by atoms with Crippen molar-refractivity contribution in [1.82, 2.24) is 35.1 Å². The second kappa shape index (κ2) is 19.4. The van der Waals surface area contributed by atoms with E-state index in [-0.39, 0.29) is 37.2 Å². The molecular weight excluding hydrogens is 861 g/mol. The fourth-order valence-electron chi connectivity index (χ4n) is 9.11. The number of hydrogen-bond acceptors (Lipinski definition) is 12. The second-order valence-corrected chi connectivity index (χ2v) is 22.1. The van der Waals surface area contributed by atoms with Gasteiger partial charge in [0, 0.05) is 54.5 Å². The highest BCUT2D eigenvalue weighted by Crippen LogP contribution is 2.48. The van der Waals surface area contributed by atoms with Crippen LogP contribution in [0.25, 0.3) is 22.3 Å². The number of carboxylic acid groups (broad SMARTS) is 1. The lowest BCUT2D eigenvalue weighted by Crippen LogP contribution is -2.59. The Morgan fingerprint density at radius 2 is 1.78 bits per heavy atom. The average molecular weight is 925 g/mol. The number of rotatable bonds is 11. The van der Waals surface area contributed by atoms with Crippen LogP contribution in [0.2, 0.25) is 0 Å². The minimum Gasteiger partial charge on any atom is -0.497 e. The van der Waals surface area contributed by atoms with Crippen molar-refractivity contribution in [3.8, 4) is 22.9 Å². The van der Waals surface area contributed by atoms with E-state index in [1.54, 1.807) is 25.3 Å². The standard InChI is InChI=1S/C45H64N8O9S2/c1-27(2)46-43-49-35(26-63-43)34-22-37(31-17-16-29(61-6)20-33(31)47-34)62-30-21-36-39(54)51-45(41(56)57)23-28(45)14-10-8-7-9-11-15-32(40(55)53(36)24-30)48-42(58)50-38(44(3,4)5)25-52-18-12-13-19-64(52,59)60/h16-17,20,22,26-28,30,32,36,38H,7-15,18-19,21,23-25H2,1-6H3,(H,46,49)(H,51,54)(H,56,57)(H2,48,50,58)/t28?,30-,32+,36?,38-,45-/m1/s1. The number of anilines is 1. The van der Waals surface area contributed by atoms with Gasteiger partial charge in [0.2, 0.25) is 21.8 Å². The number of hydrogen-bond donors (Lipinski definition) is 5. The zero-order valence-electron chi connectivity index (χ0n) is 37.8. The molecule has 4 fully saturated rings. The molecule has 64 heavy (non-hydrogen) atoms. The number of thiazole rings is 1. The molecule has 4 amide bonds. The number of ether oxygens (including phenoxy) is 2. The molecule has 7 rings (SSSR count). The Hall–Kier alpha value is -4.75. The van der Waals surface area contributed by atoms with Crippen LogP contribution in [0.1, 0.15) is 105 Å². The predicted molar refractivity (Wildman–Crippen MR) is 245 cm³/mol. The van der Waals surface area contributed by atoms with Gasteiger partial charge in [0.25, 0.3) is 0 Å². The lowest BCUT2D eigenvalue weighted by molar-refractivity contribution is -0.145. The van der Waals surface area contributed by atoms with Crippen molar-refractivity contribution in [2.24, 2.45) is 11.3 Å². The molecule has 6 atom stereocenters. The highest BCUT2D eigenvalue weighted by Gasteiger charge is 2.62. The summed E-state index contributed by atoms with van der Waals surface area (Å²) in [5.74, 6) is -1.28. The maximum absolute atomic E-state index is 14.9. The number of carbonyl (C=O) groups excluding carboxylic acids is 3. The van der Waals surface area contributed by atoms with Crippen LogP contribution in [-0.2, 0) is 24.4 Å². The summed E-state index contributed by atoms with van der Waals surface area (Å²) >= 11 is 1.45. The van der Waals surface area contributed by atoms with Gasteiger partial charge in [-0.25, -0.2) is 28.0 Å². The summed E-state index contributed by atoms with van der Waals surface area (Å²) in [6.07, 6.45) is 5.93. The van der Waals surface area contributed by atoms with E-state index in [1.165, 1.54) is 20.5 Å². The van der Waals surface area contributed by atoms with Crippen molar-refractivity contribution in [2.75, 3.05) is 37.8 Å². The maximum atomic E-state index is 14.9. The molecule has 1 saturated carbocycles. The molecule has 0 bridgehead atoms. The topological polar surface area (TPSA) is 221 Å². The Labute approximate surface area is 379 Å². The maximum Gasteiger partial charge on any atom is 0.329 e. The van der Waals surface area contributed by atoms with Gasteiger partial charge in [0.15, 0.2) is 5.13 Å². The Kier molecular flexibility index (Phi) is 14.3. The van der Waals surface area contributed by atoms with Gasteiger partial charge < -0.3 is 40.7 Å². The van der Waals surface area contributed by atoms with E-state index in [4.69, 9.17) is 19.4 Å². The lowest BCUT2D eigenvalue weighted by Gasteiger charge is -2.37. The molecular formula is C45H64N8O9S2. The summed E-state index contributed by atoms with van der Waals surface area (Å²) in [4.78, 5) is 67.2. The number of aliphatic carboxylic acids is 1. The largest absolute Gasteiger partial charge is 0.497 e. The molecule has 1 aromatic carbocycles. The fraction of sp³-hybridized carbons (Fsp3) is 0.644. The van der Waals surface area contributed by atoms with E-state index in [0.29, 0.717) is 72.4 Å². The number of carboxylic acids is 1. The monoisotopic (exact) mass is 924 g/mol. The van der Waals surface area contributed by atoms with Crippen LogP contribution in [0.5, 0.6) is 11.5 Å². The SMILES string of the molecule is COc1ccc2c(O[C@@H]3CC4C(=O)N[C@]5(C(=O)O)CC5CCCCCCC[C@H](NC(=O)N[C@H](CN5CCCCS5(=O)=O)C(C)(C)C)C(=O)N4C3)cc(-c3csc(NC(C)C)n3)nc2c1. The van der Waals surface area contributed by atoms with Crippen LogP contribution in [-0.4, -0.2) is 125 Å². The predicted octanol–water partition coefficient (Wildman–Crippen LogP) is 5.75. The van der Waals surface area contributed by atoms with Gasteiger partial charge in [-0.15, -0.1) is 11.3 Å². The number of aromatic nitrogens is 2. The Morgan fingerprint density at radius 3 is 2.48 bits per heavy atom. The molecule has 4 aliphatic rings. The van der Waals surface area contributed by atoms with Crippen LogP contribution in [0, 0.1) is 11.3 Å². The zero-order valence-corrected chi connectivity index (χ0v) is 39.4. The molecule has 5 heterocycles. The van der Waals surface area contributed by atoms with Gasteiger partial charge in [0.1, 0.15) is 40.9 Å². The van der Waals surface area contributed by atoms with Crippen LogP contribution >= 0.6 is 11.3 Å². The quantitative estimate of drug-likeness (QED) is 0.155. The molecule has 2 unspecified atom stereocenters. The number of nitrogens with one attached hydrogen (secondary N) is 4. The van der Waals surface area contributed by atoms with Crippen molar-refractivity contribution >= 4 is 61.2 Å². The van der Waals surface area contributed by atoms with Gasteiger partial charge in [0.05, 0.1) is 30.6 Å². The number of benzene rings is 1. The van der Waals surface area contributed by atoms with Crippen LogP contribution in [0.15, 0.2) is 29.6 Å². The van der Waals surface area contributed by atoms with Gasteiger partial charge in [-0.1, -0.05) is 52.9 Å². The first-order chi connectivity index (χ1) is 30.4. The van der Waals surface area contributed by atoms with Gasteiger partial charge in [-0.05, 0) is 69.4 Å². The first-order valence-electron chi connectivity index (χ1n) is 22.7. The van der Waals surface area contributed by atoms with E-state index < -0.39 is 69.0 Å². The summed E-state index contributed by atoms with van der Waals surface area (Å²) in [6, 6.07) is 4.06. The van der Waals surface area contributed by atoms with Gasteiger partial charge in [-0.2, -0.15) is 4.31 Å². The molecule has 19 heteroatoms. The van der Waals surface area contributed by atoms with Crippen molar-refractivity contribution in [2.45, 2.75) is 141 Å². The first-order valence-corrected chi connectivity index (χ1v) is 25.1. The molecule has 1 aliphatic carbocycles. The van der Waals surface area contributed by atoms with E-state index in [0.717, 1.165) is 37.2 Å². The van der Waals surface area contributed by atoms with Crippen molar-refractivity contribution in [1.29, 1.82) is 0 Å². The molecule has 3 aromatic rings. The van der Waals surface area contributed by atoms with Crippen LogP contribution < -0.4 is 30.7 Å². The Balaban J connectivity index is 1.19. The Morgan fingerprint density at radius 1 is 1.03 bits per heavy atom. The van der Waals surface area contributed by atoms with E-state index in [9.17, 15) is 32.7 Å². The number of amides is 4. The molecule has 0 radical (unpaired) electrons. The Bertz CT molecular complexity index is 2320. The molecule has 3 aliphatic heterocycles. The molecule has 3 saturated heterocycles. The summed E-state index contributed by atoms with van der Waals surface area (Å²) in [7, 11) is -1.90. The molecule has 17 nitrogen and oxygen atoms in total. The smallest absolute Gasteiger partial charge is 0.329 e. The average Bonchev–Trinajstić information content (AvgIpc) is 3.49. The molecule has 350 valence electrons. The highest BCUT2D eigenvalue weighted by atomic mass is 32.2. The summed E-state index contributed by atoms with van der Waals surface area (Å²) < 4.78 is 39.7. The van der Waals surface area contributed by atoms with E-state index in [1.807, 2.05) is 46.1 Å². The minimum atomic E-state index is -3.47. The number of sulfonamides is 1. The third-order valence-corrected chi connectivity index (χ3v) is 15.7. The molecule has 5 N–H and O–H groups in total. The number of fused-ring (bicyclic) bond motifs is 3. The van der Waals surface area contributed by atoms with Crippen molar-refractivity contribution < 1.29 is 42.2 Å². The van der Waals surface area contributed by atoms with E-state index in [2.05, 4.69) is 21.3 Å². The normalized spacial score (nSPS) is 26.1. The number of pyridine rings is 1. The highest BCUT2D eigenvalue weighted by molar-refractivity contribution is 7.89. The zero-order chi connectivity index (χ0) is 46.0. The summed E-state index contributed by atoms with van der Waals surface area (Å²) in [6.45, 7) is 10.3. The number of urea groups is 1. The lowest BCUT2D eigenvalue weighted by atomic mass is 9.86.